The number of hydrogen-bond donors (Lipinski definition) is 2. The van der Waals surface area contributed by atoms with Gasteiger partial charge in [-0.25, -0.2) is 14.8 Å². The Morgan fingerprint density at radius 1 is 1.48 bits per heavy atom. The third-order valence-electron chi connectivity index (χ3n) is 4.86. The van der Waals surface area contributed by atoms with Gasteiger partial charge < -0.3 is 10.4 Å². The van der Waals surface area contributed by atoms with Crippen LogP contribution in [-0.2, 0) is 0 Å². The minimum Gasteiger partial charge on any atom is -0.477 e. The number of carbonyl (C=O) groups is 1. The molecule has 110 valence electrons. The predicted octanol–water partition coefficient (Wildman–Crippen LogP) is 3.30. The molecule has 2 aromatic heterocycles. The Labute approximate surface area is 126 Å². The maximum atomic E-state index is 11.3. The van der Waals surface area contributed by atoms with Gasteiger partial charge in [0.2, 0.25) is 0 Å². The van der Waals surface area contributed by atoms with Crippen LogP contribution in [0.2, 0.25) is 0 Å². The van der Waals surface area contributed by atoms with Gasteiger partial charge in [-0.1, -0.05) is 0 Å². The summed E-state index contributed by atoms with van der Waals surface area (Å²) in [5.41, 5.74) is 1.25. The van der Waals surface area contributed by atoms with Crippen molar-refractivity contribution < 1.29 is 9.90 Å². The summed E-state index contributed by atoms with van der Waals surface area (Å²) in [4.78, 5) is 20.9. The van der Waals surface area contributed by atoms with E-state index >= 15 is 0 Å². The van der Waals surface area contributed by atoms with Crippen LogP contribution in [-0.4, -0.2) is 27.6 Å². The van der Waals surface area contributed by atoms with Crippen LogP contribution in [0, 0.1) is 18.3 Å². The fraction of sp³-hybridized carbons (Fsp3) is 0.533. The monoisotopic (exact) mass is 303 g/mol. The molecular formula is C15H17N3O2S. The minimum absolute atomic E-state index is 0.358. The van der Waals surface area contributed by atoms with E-state index in [1.54, 1.807) is 0 Å². The van der Waals surface area contributed by atoms with Gasteiger partial charge in [0, 0.05) is 6.54 Å². The summed E-state index contributed by atoms with van der Waals surface area (Å²) in [7, 11) is 0. The number of carboxylic acids is 1. The van der Waals surface area contributed by atoms with Gasteiger partial charge in [0.05, 0.1) is 5.39 Å². The summed E-state index contributed by atoms with van der Waals surface area (Å²) < 4.78 is 0. The molecule has 0 saturated heterocycles. The highest BCUT2D eigenvalue weighted by Crippen LogP contribution is 2.61. The average Bonchev–Trinajstić information content (AvgIpc) is 3.34. The molecule has 2 aliphatic carbocycles. The second kappa shape index (κ2) is 4.40. The number of nitrogens with zero attached hydrogens (tertiary/aromatic N) is 2. The van der Waals surface area contributed by atoms with Crippen LogP contribution in [0.3, 0.4) is 0 Å². The van der Waals surface area contributed by atoms with E-state index in [2.05, 4.69) is 15.3 Å². The van der Waals surface area contributed by atoms with Gasteiger partial charge in [-0.05, 0) is 49.5 Å². The molecule has 2 aromatic rings. The van der Waals surface area contributed by atoms with Crippen LogP contribution in [0.1, 0.15) is 40.9 Å². The Hall–Kier alpha value is -1.69. The van der Waals surface area contributed by atoms with E-state index in [-0.39, 0.29) is 0 Å². The lowest BCUT2D eigenvalue weighted by Gasteiger charge is -2.16. The molecule has 0 aromatic carbocycles. The fourth-order valence-electron chi connectivity index (χ4n) is 3.26. The molecule has 0 spiro atoms. The SMILES string of the molecule is Cc1c(C(=O)O)sc2ncnc(NCC3(C4CC4)CC3)c12. The molecule has 0 bridgehead atoms. The summed E-state index contributed by atoms with van der Waals surface area (Å²) in [5.74, 6) is 0.784. The summed E-state index contributed by atoms with van der Waals surface area (Å²) in [5, 5.41) is 13.6. The number of aromatic nitrogens is 2. The molecule has 0 unspecified atom stereocenters. The Morgan fingerprint density at radius 3 is 2.86 bits per heavy atom. The molecular weight excluding hydrogens is 286 g/mol. The molecule has 2 heterocycles. The van der Waals surface area contributed by atoms with Crippen LogP contribution >= 0.6 is 11.3 Å². The molecule has 2 N–H and O–H groups in total. The number of thiophene rings is 1. The number of rotatable bonds is 5. The quantitative estimate of drug-likeness (QED) is 0.886. The average molecular weight is 303 g/mol. The lowest BCUT2D eigenvalue weighted by Crippen LogP contribution is -2.18. The van der Waals surface area contributed by atoms with Gasteiger partial charge in [0.15, 0.2) is 0 Å². The molecule has 0 atom stereocenters. The molecule has 2 fully saturated rings. The highest BCUT2D eigenvalue weighted by atomic mass is 32.1. The lowest BCUT2D eigenvalue weighted by molar-refractivity contribution is 0.0701. The van der Waals surface area contributed by atoms with Crippen molar-refractivity contribution >= 4 is 33.3 Å². The summed E-state index contributed by atoms with van der Waals surface area (Å²) in [6, 6.07) is 0. The first-order chi connectivity index (χ1) is 10.1. The van der Waals surface area contributed by atoms with E-state index in [1.807, 2.05) is 6.92 Å². The lowest BCUT2D eigenvalue weighted by atomic mass is 10.0. The van der Waals surface area contributed by atoms with Crippen LogP contribution in [0.5, 0.6) is 0 Å². The maximum Gasteiger partial charge on any atom is 0.346 e. The zero-order valence-corrected chi connectivity index (χ0v) is 12.7. The molecule has 4 rings (SSSR count). The summed E-state index contributed by atoms with van der Waals surface area (Å²) >= 11 is 1.22. The van der Waals surface area contributed by atoms with Crippen molar-refractivity contribution in [1.82, 2.24) is 9.97 Å². The van der Waals surface area contributed by atoms with Gasteiger partial charge in [0.25, 0.3) is 0 Å². The van der Waals surface area contributed by atoms with Crippen molar-refractivity contribution in [1.29, 1.82) is 0 Å². The van der Waals surface area contributed by atoms with Crippen molar-refractivity contribution in [3.05, 3.63) is 16.8 Å². The topological polar surface area (TPSA) is 75.1 Å². The van der Waals surface area contributed by atoms with E-state index < -0.39 is 5.97 Å². The maximum absolute atomic E-state index is 11.3. The second-order valence-corrected chi connectivity index (χ2v) is 7.25. The fourth-order valence-corrected chi connectivity index (χ4v) is 4.24. The highest BCUT2D eigenvalue weighted by Gasteiger charge is 2.53. The van der Waals surface area contributed by atoms with Gasteiger partial charge in [-0.3, -0.25) is 0 Å². The molecule has 5 nitrogen and oxygen atoms in total. The van der Waals surface area contributed by atoms with Gasteiger partial charge >= 0.3 is 5.97 Å². The summed E-state index contributed by atoms with van der Waals surface area (Å²) in [6.45, 7) is 2.78. The van der Waals surface area contributed by atoms with Gasteiger partial charge in [-0.2, -0.15) is 0 Å². The number of aryl methyl sites for hydroxylation is 1. The summed E-state index contributed by atoms with van der Waals surface area (Å²) in [6.07, 6.45) is 6.86. The molecule has 0 radical (unpaired) electrons. The number of carboxylic acid groups (broad SMARTS) is 1. The normalized spacial score (nSPS) is 19.7. The Bertz CT molecular complexity index is 732. The van der Waals surface area contributed by atoms with Crippen molar-refractivity contribution in [2.24, 2.45) is 11.3 Å². The number of fused-ring (bicyclic) bond motifs is 1. The van der Waals surface area contributed by atoms with Gasteiger partial charge in [0.1, 0.15) is 21.9 Å². The Kier molecular flexibility index (Phi) is 2.73. The second-order valence-electron chi connectivity index (χ2n) is 6.25. The largest absolute Gasteiger partial charge is 0.477 e. The van der Waals surface area contributed by atoms with E-state index in [0.29, 0.717) is 10.3 Å². The standard InChI is InChI=1S/C15H17N3O2S/c1-8-10-12(16-6-15(4-5-15)9-2-3-9)17-7-18-13(10)21-11(8)14(19)20/h7,9H,2-6H2,1H3,(H,19,20)(H,16,17,18). The Morgan fingerprint density at radius 2 is 2.24 bits per heavy atom. The first-order valence-corrected chi connectivity index (χ1v) is 8.14. The van der Waals surface area contributed by atoms with E-state index in [9.17, 15) is 9.90 Å². The molecule has 6 heteroatoms. The van der Waals surface area contributed by atoms with Crippen molar-refractivity contribution in [3.8, 4) is 0 Å². The predicted molar refractivity (Wildman–Crippen MR) is 82.0 cm³/mol. The van der Waals surface area contributed by atoms with Gasteiger partial charge in [-0.15, -0.1) is 11.3 Å². The minimum atomic E-state index is -0.891. The zero-order chi connectivity index (χ0) is 14.6. The third kappa shape index (κ3) is 2.09. The molecule has 0 aliphatic heterocycles. The van der Waals surface area contributed by atoms with Crippen molar-refractivity contribution in [2.75, 3.05) is 11.9 Å². The third-order valence-corrected chi connectivity index (χ3v) is 6.05. The molecule has 2 saturated carbocycles. The zero-order valence-electron chi connectivity index (χ0n) is 11.8. The van der Waals surface area contributed by atoms with Crippen LogP contribution < -0.4 is 5.32 Å². The van der Waals surface area contributed by atoms with Crippen LogP contribution in [0.4, 0.5) is 5.82 Å². The molecule has 21 heavy (non-hydrogen) atoms. The van der Waals surface area contributed by atoms with Crippen LogP contribution in [0.15, 0.2) is 6.33 Å². The molecule has 2 aliphatic rings. The number of anilines is 1. The Balaban J connectivity index is 1.66. The molecule has 0 amide bonds. The van der Waals surface area contributed by atoms with E-state index in [0.717, 1.165) is 34.1 Å². The smallest absolute Gasteiger partial charge is 0.346 e. The number of hydrogen-bond acceptors (Lipinski definition) is 5. The first-order valence-electron chi connectivity index (χ1n) is 7.32. The van der Waals surface area contributed by atoms with E-state index in [4.69, 9.17) is 0 Å². The first kappa shape index (κ1) is 13.0. The van der Waals surface area contributed by atoms with Crippen molar-refractivity contribution in [3.63, 3.8) is 0 Å². The highest BCUT2D eigenvalue weighted by molar-refractivity contribution is 7.20. The van der Waals surface area contributed by atoms with E-state index in [1.165, 1.54) is 43.3 Å². The van der Waals surface area contributed by atoms with Crippen LogP contribution in [0.25, 0.3) is 10.2 Å². The number of aromatic carboxylic acids is 1. The number of nitrogens with one attached hydrogen (secondary N) is 1. The van der Waals surface area contributed by atoms with Crippen molar-refractivity contribution in [2.45, 2.75) is 32.6 Å².